The molecular formula is C17H16O7. The van der Waals surface area contributed by atoms with Crippen LogP contribution in [-0.2, 0) is 19.8 Å². The highest BCUT2D eigenvalue weighted by molar-refractivity contribution is 5.93. The fourth-order valence-electron chi connectivity index (χ4n) is 2.18. The Morgan fingerprint density at radius 2 is 1.38 bits per heavy atom. The number of carboxylic acid groups (broad SMARTS) is 1. The van der Waals surface area contributed by atoms with Crippen molar-refractivity contribution in [3.8, 4) is 5.75 Å². The van der Waals surface area contributed by atoms with Gasteiger partial charge in [0.05, 0.1) is 30.9 Å². The quantitative estimate of drug-likeness (QED) is 0.461. The second-order valence-corrected chi connectivity index (χ2v) is 4.97. The normalized spacial score (nSPS) is 10.5. The summed E-state index contributed by atoms with van der Waals surface area (Å²) in [6.07, 6.45) is 0. The SMILES string of the molecule is O=C(O)c1ccc(OC(=O)c2cc(CO)c(CO)cc2CO)cc1. The lowest BCUT2D eigenvalue weighted by Gasteiger charge is -2.13. The highest BCUT2D eigenvalue weighted by Crippen LogP contribution is 2.21. The Morgan fingerprint density at radius 3 is 1.88 bits per heavy atom. The third-order valence-electron chi connectivity index (χ3n) is 3.47. The van der Waals surface area contributed by atoms with Gasteiger partial charge in [-0.3, -0.25) is 0 Å². The fraction of sp³-hybridized carbons (Fsp3) is 0.176. The molecule has 0 saturated carbocycles. The van der Waals surface area contributed by atoms with E-state index < -0.39 is 18.5 Å². The van der Waals surface area contributed by atoms with Crippen LogP contribution in [0.2, 0.25) is 0 Å². The Labute approximate surface area is 137 Å². The molecule has 0 aliphatic heterocycles. The number of ether oxygens (including phenoxy) is 1. The number of aliphatic hydroxyl groups is 3. The van der Waals surface area contributed by atoms with Crippen LogP contribution in [0.25, 0.3) is 0 Å². The summed E-state index contributed by atoms with van der Waals surface area (Å²) in [7, 11) is 0. The third-order valence-corrected chi connectivity index (χ3v) is 3.47. The molecule has 0 unspecified atom stereocenters. The van der Waals surface area contributed by atoms with Gasteiger partial charge in [0.2, 0.25) is 0 Å². The van der Waals surface area contributed by atoms with E-state index in [1.807, 2.05) is 0 Å². The minimum Gasteiger partial charge on any atom is -0.478 e. The van der Waals surface area contributed by atoms with Gasteiger partial charge in [-0.25, -0.2) is 9.59 Å². The van der Waals surface area contributed by atoms with Crippen molar-refractivity contribution in [2.24, 2.45) is 0 Å². The van der Waals surface area contributed by atoms with E-state index in [-0.39, 0.29) is 35.7 Å². The van der Waals surface area contributed by atoms with Crippen molar-refractivity contribution >= 4 is 11.9 Å². The van der Waals surface area contributed by atoms with Crippen LogP contribution in [0.5, 0.6) is 5.75 Å². The molecule has 0 aliphatic rings. The smallest absolute Gasteiger partial charge is 0.343 e. The van der Waals surface area contributed by atoms with Crippen LogP contribution in [0.4, 0.5) is 0 Å². The molecule has 24 heavy (non-hydrogen) atoms. The van der Waals surface area contributed by atoms with Crippen molar-refractivity contribution in [2.45, 2.75) is 19.8 Å². The number of hydrogen-bond donors (Lipinski definition) is 4. The number of benzene rings is 2. The summed E-state index contributed by atoms with van der Waals surface area (Å²) in [6.45, 7) is -1.16. The van der Waals surface area contributed by atoms with Crippen LogP contribution in [-0.4, -0.2) is 32.4 Å². The van der Waals surface area contributed by atoms with Gasteiger partial charge >= 0.3 is 11.9 Å². The molecule has 126 valence electrons. The van der Waals surface area contributed by atoms with Crippen LogP contribution < -0.4 is 4.74 Å². The summed E-state index contributed by atoms with van der Waals surface area (Å²) in [5.41, 5.74) is 1.12. The van der Waals surface area contributed by atoms with Gasteiger partial charge in [-0.1, -0.05) is 0 Å². The average Bonchev–Trinajstić information content (AvgIpc) is 2.60. The van der Waals surface area contributed by atoms with Gasteiger partial charge in [-0.2, -0.15) is 0 Å². The Morgan fingerprint density at radius 1 is 0.833 bits per heavy atom. The van der Waals surface area contributed by atoms with Crippen molar-refractivity contribution in [2.75, 3.05) is 0 Å². The highest BCUT2D eigenvalue weighted by Gasteiger charge is 2.17. The number of aliphatic hydroxyl groups excluding tert-OH is 3. The molecule has 0 aliphatic carbocycles. The molecule has 0 atom stereocenters. The van der Waals surface area contributed by atoms with E-state index in [2.05, 4.69) is 0 Å². The predicted octanol–water partition coefficient (Wildman–Crippen LogP) is 1.08. The third kappa shape index (κ3) is 3.77. The molecule has 7 heteroatoms. The van der Waals surface area contributed by atoms with Crippen LogP contribution in [0.1, 0.15) is 37.4 Å². The lowest BCUT2D eigenvalue weighted by atomic mass is 9.99. The number of carboxylic acids is 1. The number of rotatable bonds is 6. The molecule has 0 aromatic heterocycles. The standard InChI is InChI=1S/C17H16O7/c18-7-11-5-13(9-20)15(6-12(11)8-19)17(23)24-14-3-1-10(2-4-14)16(21)22/h1-6,18-20H,7-9H2,(H,21,22). The van der Waals surface area contributed by atoms with E-state index in [1.165, 1.54) is 36.4 Å². The van der Waals surface area contributed by atoms with E-state index in [9.17, 15) is 24.9 Å². The van der Waals surface area contributed by atoms with Crippen molar-refractivity contribution in [1.82, 2.24) is 0 Å². The monoisotopic (exact) mass is 332 g/mol. The minimum absolute atomic E-state index is 0.0562. The Kier molecular flexibility index (Phi) is 5.64. The highest BCUT2D eigenvalue weighted by atomic mass is 16.5. The van der Waals surface area contributed by atoms with Crippen LogP contribution >= 0.6 is 0 Å². The first kappa shape index (κ1) is 17.6. The van der Waals surface area contributed by atoms with E-state index in [0.717, 1.165) is 0 Å². The Bertz CT molecular complexity index is 750. The number of esters is 1. The van der Waals surface area contributed by atoms with E-state index >= 15 is 0 Å². The summed E-state index contributed by atoms with van der Waals surface area (Å²) in [4.78, 5) is 23.1. The van der Waals surface area contributed by atoms with Gasteiger partial charge in [-0.15, -0.1) is 0 Å². The number of carbonyl (C=O) groups excluding carboxylic acids is 1. The molecule has 0 amide bonds. The molecule has 0 fully saturated rings. The van der Waals surface area contributed by atoms with Crippen molar-refractivity contribution in [3.05, 3.63) is 64.2 Å². The molecule has 0 spiro atoms. The lowest BCUT2D eigenvalue weighted by molar-refractivity contribution is 0.0696. The zero-order chi connectivity index (χ0) is 17.7. The predicted molar refractivity (Wildman–Crippen MR) is 82.6 cm³/mol. The Balaban J connectivity index is 2.30. The number of carbonyl (C=O) groups is 2. The molecule has 7 nitrogen and oxygen atoms in total. The maximum absolute atomic E-state index is 12.3. The minimum atomic E-state index is -1.09. The zero-order valence-corrected chi connectivity index (χ0v) is 12.6. The maximum Gasteiger partial charge on any atom is 0.343 e. The first-order valence-electron chi connectivity index (χ1n) is 7.03. The molecule has 0 bridgehead atoms. The van der Waals surface area contributed by atoms with E-state index in [4.69, 9.17) is 9.84 Å². The molecule has 0 heterocycles. The molecule has 2 aromatic carbocycles. The van der Waals surface area contributed by atoms with Gasteiger partial charge in [-0.05, 0) is 53.1 Å². The summed E-state index contributed by atoms with van der Waals surface area (Å²) in [6, 6.07) is 8.06. The van der Waals surface area contributed by atoms with Gasteiger partial charge in [0.25, 0.3) is 0 Å². The first-order valence-corrected chi connectivity index (χ1v) is 7.03. The van der Waals surface area contributed by atoms with Crippen LogP contribution in [0.15, 0.2) is 36.4 Å². The van der Waals surface area contributed by atoms with E-state index in [1.54, 1.807) is 0 Å². The number of hydrogen-bond acceptors (Lipinski definition) is 6. The van der Waals surface area contributed by atoms with Crippen LogP contribution in [0, 0.1) is 0 Å². The second-order valence-electron chi connectivity index (χ2n) is 4.97. The van der Waals surface area contributed by atoms with Gasteiger partial charge in [0, 0.05) is 0 Å². The zero-order valence-electron chi connectivity index (χ0n) is 12.6. The van der Waals surface area contributed by atoms with Crippen molar-refractivity contribution < 1.29 is 34.8 Å². The molecule has 2 rings (SSSR count). The van der Waals surface area contributed by atoms with Crippen molar-refractivity contribution in [3.63, 3.8) is 0 Å². The van der Waals surface area contributed by atoms with Crippen molar-refractivity contribution in [1.29, 1.82) is 0 Å². The molecule has 0 radical (unpaired) electrons. The largest absolute Gasteiger partial charge is 0.478 e. The topological polar surface area (TPSA) is 124 Å². The maximum atomic E-state index is 12.3. The van der Waals surface area contributed by atoms with Gasteiger partial charge in [0.15, 0.2) is 0 Å². The molecule has 2 aromatic rings. The summed E-state index contributed by atoms with van der Waals surface area (Å²) in [5, 5.41) is 36.8. The summed E-state index contributed by atoms with van der Waals surface area (Å²) < 4.78 is 5.16. The average molecular weight is 332 g/mol. The van der Waals surface area contributed by atoms with Gasteiger partial charge < -0.3 is 25.2 Å². The number of aromatic carboxylic acids is 1. The van der Waals surface area contributed by atoms with Gasteiger partial charge in [0.1, 0.15) is 5.75 Å². The summed E-state index contributed by atoms with van der Waals surface area (Å²) >= 11 is 0. The molecular weight excluding hydrogens is 316 g/mol. The summed E-state index contributed by atoms with van der Waals surface area (Å²) in [5.74, 6) is -1.71. The van der Waals surface area contributed by atoms with E-state index in [0.29, 0.717) is 11.1 Å². The molecule has 0 saturated heterocycles. The lowest BCUT2D eigenvalue weighted by Crippen LogP contribution is -2.13. The first-order chi connectivity index (χ1) is 11.5. The molecule has 4 N–H and O–H groups in total. The van der Waals surface area contributed by atoms with Crippen LogP contribution in [0.3, 0.4) is 0 Å². The Hall–Kier alpha value is -2.74. The fourth-order valence-corrected chi connectivity index (χ4v) is 2.18. The second kappa shape index (κ2) is 7.69.